The zero-order valence-corrected chi connectivity index (χ0v) is 17.5. The van der Waals surface area contributed by atoms with Gasteiger partial charge in [0.05, 0.1) is 16.4 Å². The first-order valence-electron chi connectivity index (χ1n) is 9.34. The molecule has 1 aliphatic heterocycles. The number of nitrogens with zero attached hydrogens (tertiary/aromatic N) is 3. The molecule has 0 N–H and O–H groups in total. The van der Waals surface area contributed by atoms with Crippen LogP contribution in [0.4, 0.5) is 0 Å². The average Bonchev–Trinajstić information content (AvgIpc) is 3.39. The molecule has 0 spiro atoms. The van der Waals surface area contributed by atoms with Crippen molar-refractivity contribution in [3.8, 4) is 11.3 Å². The monoisotopic (exact) mass is 429 g/mol. The highest BCUT2D eigenvalue weighted by atomic mass is 35.5. The van der Waals surface area contributed by atoms with Crippen LogP contribution in [-0.2, 0) is 0 Å². The summed E-state index contributed by atoms with van der Waals surface area (Å²) in [5.41, 5.74) is 1.59. The van der Waals surface area contributed by atoms with Gasteiger partial charge in [-0.25, -0.2) is 0 Å². The van der Waals surface area contributed by atoms with Crippen LogP contribution in [0.3, 0.4) is 0 Å². The van der Waals surface area contributed by atoms with E-state index in [0.29, 0.717) is 60.3 Å². The zero-order valence-electron chi connectivity index (χ0n) is 15.9. The van der Waals surface area contributed by atoms with Crippen molar-refractivity contribution in [1.82, 2.24) is 15.0 Å². The number of hydrogen-bond donors (Lipinski definition) is 0. The summed E-state index contributed by atoms with van der Waals surface area (Å²) in [6.45, 7) is 4.49. The van der Waals surface area contributed by atoms with Crippen molar-refractivity contribution in [1.29, 1.82) is 0 Å². The zero-order chi connectivity index (χ0) is 20.4. The lowest BCUT2D eigenvalue weighted by molar-refractivity contribution is 0.0624. The first kappa shape index (κ1) is 19.8. The molecule has 0 radical (unpaired) electrons. The second-order valence-corrected chi connectivity index (χ2v) is 8.27. The van der Waals surface area contributed by atoms with E-state index in [0.717, 1.165) is 4.88 Å². The molecule has 29 heavy (non-hydrogen) atoms. The molecular formula is C21H20ClN3O3S. The van der Waals surface area contributed by atoms with Crippen molar-refractivity contribution in [3.63, 3.8) is 0 Å². The minimum Gasteiger partial charge on any atom is -0.360 e. The Balaban J connectivity index is 1.45. The lowest BCUT2D eigenvalue weighted by Gasteiger charge is -2.34. The Hall–Kier alpha value is -2.48. The van der Waals surface area contributed by atoms with Gasteiger partial charge in [0.15, 0.2) is 5.78 Å². The highest BCUT2D eigenvalue weighted by Gasteiger charge is 2.29. The smallest absolute Gasteiger partial charge is 0.259 e. The number of ketones is 1. The molecule has 150 valence electrons. The average molecular weight is 430 g/mol. The van der Waals surface area contributed by atoms with E-state index in [1.165, 1.54) is 11.3 Å². The number of amides is 1. The largest absolute Gasteiger partial charge is 0.360 e. The lowest BCUT2D eigenvalue weighted by atomic mass is 10.0. The molecule has 1 aromatic carbocycles. The van der Waals surface area contributed by atoms with Gasteiger partial charge in [-0.3, -0.25) is 14.5 Å². The summed E-state index contributed by atoms with van der Waals surface area (Å²) in [5, 5.41) is 6.51. The molecule has 4 rings (SSSR count). The molecule has 0 aliphatic carbocycles. The second kappa shape index (κ2) is 8.49. The number of carbonyl (C=O) groups is 2. The molecule has 0 atom stereocenters. The van der Waals surface area contributed by atoms with Crippen molar-refractivity contribution in [2.45, 2.75) is 6.92 Å². The number of aromatic nitrogens is 1. The summed E-state index contributed by atoms with van der Waals surface area (Å²) in [7, 11) is 0. The number of benzene rings is 1. The molecule has 8 heteroatoms. The first-order chi connectivity index (χ1) is 14.0. The topological polar surface area (TPSA) is 66.7 Å². The fourth-order valence-corrected chi connectivity index (χ4v) is 4.33. The number of hydrogen-bond acceptors (Lipinski definition) is 6. The van der Waals surface area contributed by atoms with Crippen molar-refractivity contribution >= 4 is 34.6 Å². The van der Waals surface area contributed by atoms with Gasteiger partial charge < -0.3 is 9.42 Å². The molecule has 0 bridgehead atoms. The third-order valence-corrected chi connectivity index (χ3v) is 6.27. The maximum atomic E-state index is 13.2. The predicted octanol–water partition coefficient (Wildman–Crippen LogP) is 4.01. The van der Waals surface area contributed by atoms with E-state index in [1.54, 1.807) is 17.9 Å². The van der Waals surface area contributed by atoms with Gasteiger partial charge in [-0.1, -0.05) is 41.0 Å². The number of Topliss-reactive ketones (excluding diaryl/α,β-unsaturated/α-hetero) is 1. The summed E-state index contributed by atoms with van der Waals surface area (Å²) < 4.78 is 5.32. The van der Waals surface area contributed by atoms with Crippen LogP contribution in [0.25, 0.3) is 11.3 Å². The number of rotatable bonds is 5. The van der Waals surface area contributed by atoms with Gasteiger partial charge in [0.2, 0.25) is 0 Å². The summed E-state index contributed by atoms with van der Waals surface area (Å²) >= 11 is 7.75. The molecule has 6 nitrogen and oxygen atoms in total. The highest BCUT2D eigenvalue weighted by molar-refractivity contribution is 7.12. The van der Waals surface area contributed by atoms with E-state index in [4.69, 9.17) is 16.1 Å². The Kier molecular flexibility index (Phi) is 5.80. The van der Waals surface area contributed by atoms with Gasteiger partial charge in [0, 0.05) is 31.7 Å². The summed E-state index contributed by atoms with van der Waals surface area (Å²) in [6, 6.07) is 11.0. The molecule has 3 aromatic rings. The van der Waals surface area contributed by atoms with E-state index in [-0.39, 0.29) is 11.7 Å². The number of halogens is 1. The molecular weight excluding hydrogens is 410 g/mol. The van der Waals surface area contributed by atoms with Gasteiger partial charge in [-0.15, -0.1) is 11.3 Å². The highest BCUT2D eigenvalue weighted by Crippen LogP contribution is 2.31. The van der Waals surface area contributed by atoms with Crippen LogP contribution in [0.5, 0.6) is 0 Å². The number of aryl methyl sites for hydroxylation is 1. The van der Waals surface area contributed by atoms with Crippen LogP contribution in [-0.4, -0.2) is 59.4 Å². The van der Waals surface area contributed by atoms with Crippen molar-refractivity contribution < 1.29 is 14.1 Å². The quantitative estimate of drug-likeness (QED) is 0.573. The molecule has 0 unspecified atom stereocenters. The van der Waals surface area contributed by atoms with Gasteiger partial charge in [0.25, 0.3) is 5.91 Å². The third kappa shape index (κ3) is 4.12. The van der Waals surface area contributed by atoms with Crippen LogP contribution in [0.1, 0.15) is 25.8 Å². The summed E-state index contributed by atoms with van der Waals surface area (Å²) in [5.74, 6) is 0.471. The third-order valence-electron chi connectivity index (χ3n) is 5.03. The van der Waals surface area contributed by atoms with E-state index < -0.39 is 0 Å². The predicted molar refractivity (Wildman–Crippen MR) is 113 cm³/mol. The van der Waals surface area contributed by atoms with Gasteiger partial charge >= 0.3 is 0 Å². The Labute approximate surface area is 177 Å². The Morgan fingerprint density at radius 1 is 1.14 bits per heavy atom. The Morgan fingerprint density at radius 2 is 1.90 bits per heavy atom. The molecule has 1 amide bonds. The Bertz CT molecular complexity index is 1020. The van der Waals surface area contributed by atoms with Gasteiger partial charge in [-0.05, 0) is 24.4 Å². The number of piperazine rings is 1. The van der Waals surface area contributed by atoms with E-state index >= 15 is 0 Å². The molecule has 1 fully saturated rings. The van der Waals surface area contributed by atoms with Crippen LogP contribution < -0.4 is 0 Å². The van der Waals surface area contributed by atoms with Crippen LogP contribution in [0.15, 0.2) is 46.3 Å². The van der Waals surface area contributed by atoms with Gasteiger partial charge in [0.1, 0.15) is 17.0 Å². The molecule has 3 heterocycles. The number of thiophene rings is 1. The van der Waals surface area contributed by atoms with E-state index in [9.17, 15) is 9.59 Å². The van der Waals surface area contributed by atoms with E-state index in [1.807, 2.05) is 35.7 Å². The van der Waals surface area contributed by atoms with E-state index in [2.05, 4.69) is 10.1 Å². The molecule has 1 aliphatic rings. The number of carbonyl (C=O) groups excluding carboxylic acids is 2. The van der Waals surface area contributed by atoms with Crippen LogP contribution >= 0.6 is 22.9 Å². The minimum atomic E-state index is -0.122. The maximum absolute atomic E-state index is 13.2. The normalized spacial score (nSPS) is 14.9. The van der Waals surface area contributed by atoms with Crippen LogP contribution in [0, 0.1) is 6.92 Å². The molecule has 2 aromatic heterocycles. The lowest BCUT2D eigenvalue weighted by Crippen LogP contribution is -2.50. The van der Waals surface area contributed by atoms with Gasteiger partial charge in [-0.2, -0.15) is 0 Å². The van der Waals surface area contributed by atoms with Crippen molar-refractivity contribution in [2.75, 3.05) is 32.7 Å². The first-order valence-corrected chi connectivity index (χ1v) is 10.6. The molecule has 0 saturated carbocycles. The van der Waals surface area contributed by atoms with Crippen molar-refractivity contribution in [3.05, 3.63) is 63.0 Å². The standard InChI is InChI=1S/C21H20ClN3O3S/c1-14-19(20(23-28-14)15-5-2-3-6-16(15)22)21(27)25-10-8-24(9-11-25)13-17(26)18-7-4-12-29-18/h2-7,12H,8-11,13H2,1H3. The maximum Gasteiger partial charge on any atom is 0.259 e. The fourth-order valence-electron chi connectivity index (χ4n) is 3.45. The molecule has 1 saturated heterocycles. The van der Waals surface area contributed by atoms with Crippen LogP contribution in [0.2, 0.25) is 5.02 Å². The van der Waals surface area contributed by atoms with Crippen molar-refractivity contribution in [2.24, 2.45) is 0 Å². The Morgan fingerprint density at radius 3 is 2.59 bits per heavy atom. The fraction of sp³-hybridized carbons (Fsp3) is 0.286. The summed E-state index contributed by atoms with van der Waals surface area (Å²) in [6.07, 6.45) is 0. The minimum absolute atomic E-state index is 0.121. The SMILES string of the molecule is Cc1onc(-c2ccccc2Cl)c1C(=O)N1CCN(CC(=O)c2cccs2)CC1. The second-order valence-electron chi connectivity index (χ2n) is 6.91. The summed E-state index contributed by atoms with van der Waals surface area (Å²) in [4.78, 5) is 30.2.